The first-order valence-corrected chi connectivity index (χ1v) is 7.83. The maximum absolute atomic E-state index is 12.3. The number of rotatable bonds is 5. The molecule has 5 nitrogen and oxygen atoms in total. The van der Waals surface area contributed by atoms with Gasteiger partial charge in [-0.3, -0.25) is 0 Å². The van der Waals surface area contributed by atoms with Crippen molar-refractivity contribution in [1.82, 2.24) is 0 Å². The summed E-state index contributed by atoms with van der Waals surface area (Å²) in [6.45, 7) is 5.99. The molecule has 0 bridgehead atoms. The summed E-state index contributed by atoms with van der Waals surface area (Å²) in [7, 11) is 0. The van der Waals surface area contributed by atoms with Crippen LogP contribution in [0.15, 0.2) is 42.5 Å². The number of carbonyl (C=O) groups excluding carboxylic acids is 1. The fourth-order valence-electron chi connectivity index (χ4n) is 2.19. The molecule has 2 aromatic carbocycles. The van der Waals surface area contributed by atoms with Crippen LogP contribution in [-0.4, -0.2) is 28.3 Å². The van der Waals surface area contributed by atoms with Crippen molar-refractivity contribution in [2.45, 2.75) is 32.8 Å². The summed E-state index contributed by atoms with van der Waals surface area (Å²) in [6, 6.07) is 11.6. The standard InChI is InChI=1S/C19H23NO4/c1-19(2,3)24-18(23)16-12-15(22)8-9-17(16)20-11-10-13-4-6-14(21)7-5-13/h4-9,12,20-22H,10-11H2,1-3H3. The van der Waals surface area contributed by atoms with Gasteiger partial charge in [0.15, 0.2) is 0 Å². The summed E-state index contributed by atoms with van der Waals surface area (Å²) in [6.07, 6.45) is 0.731. The highest BCUT2D eigenvalue weighted by Gasteiger charge is 2.20. The Morgan fingerprint density at radius 1 is 1.04 bits per heavy atom. The first-order valence-electron chi connectivity index (χ1n) is 7.83. The van der Waals surface area contributed by atoms with Crippen molar-refractivity contribution in [3.63, 3.8) is 0 Å². The number of phenolic OH excluding ortho intramolecular Hbond substituents is 2. The minimum atomic E-state index is -0.605. The Bertz CT molecular complexity index is 702. The third kappa shape index (κ3) is 5.19. The van der Waals surface area contributed by atoms with Crippen molar-refractivity contribution in [3.05, 3.63) is 53.6 Å². The molecule has 0 amide bonds. The van der Waals surface area contributed by atoms with Crippen LogP contribution in [0.2, 0.25) is 0 Å². The highest BCUT2D eigenvalue weighted by molar-refractivity contribution is 5.96. The molecule has 5 heteroatoms. The van der Waals surface area contributed by atoms with E-state index in [4.69, 9.17) is 4.74 Å². The van der Waals surface area contributed by atoms with Crippen LogP contribution < -0.4 is 5.32 Å². The van der Waals surface area contributed by atoms with E-state index in [9.17, 15) is 15.0 Å². The van der Waals surface area contributed by atoms with Crippen molar-refractivity contribution in [2.75, 3.05) is 11.9 Å². The normalized spacial score (nSPS) is 11.1. The summed E-state index contributed by atoms with van der Waals surface area (Å²) >= 11 is 0. The molecule has 0 radical (unpaired) electrons. The Morgan fingerprint density at radius 2 is 1.67 bits per heavy atom. The number of phenols is 2. The van der Waals surface area contributed by atoms with Gasteiger partial charge >= 0.3 is 5.97 Å². The van der Waals surface area contributed by atoms with Gasteiger partial charge in [-0.15, -0.1) is 0 Å². The average Bonchev–Trinajstić information content (AvgIpc) is 2.49. The average molecular weight is 329 g/mol. The second-order valence-corrected chi connectivity index (χ2v) is 6.58. The van der Waals surface area contributed by atoms with Gasteiger partial charge in [0.2, 0.25) is 0 Å². The van der Waals surface area contributed by atoms with E-state index in [1.165, 1.54) is 12.1 Å². The Morgan fingerprint density at radius 3 is 2.29 bits per heavy atom. The number of hydrogen-bond acceptors (Lipinski definition) is 5. The maximum Gasteiger partial charge on any atom is 0.340 e. The summed E-state index contributed by atoms with van der Waals surface area (Å²) in [5.41, 5.74) is 1.38. The molecule has 2 rings (SSSR count). The van der Waals surface area contributed by atoms with Gasteiger partial charge in [0.25, 0.3) is 0 Å². The third-order valence-electron chi connectivity index (χ3n) is 3.29. The largest absolute Gasteiger partial charge is 0.508 e. The second-order valence-electron chi connectivity index (χ2n) is 6.58. The van der Waals surface area contributed by atoms with E-state index in [1.807, 2.05) is 12.1 Å². The monoisotopic (exact) mass is 329 g/mol. The van der Waals surface area contributed by atoms with E-state index in [1.54, 1.807) is 39.0 Å². The molecule has 0 saturated carbocycles. The van der Waals surface area contributed by atoms with Crippen LogP contribution in [0.1, 0.15) is 36.7 Å². The first kappa shape index (κ1) is 17.7. The van der Waals surface area contributed by atoms with Crippen LogP contribution in [0.4, 0.5) is 5.69 Å². The van der Waals surface area contributed by atoms with E-state index < -0.39 is 11.6 Å². The number of benzene rings is 2. The van der Waals surface area contributed by atoms with E-state index >= 15 is 0 Å². The van der Waals surface area contributed by atoms with E-state index in [0.717, 1.165) is 12.0 Å². The van der Waals surface area contributed by atoms with Gasteiger partial charge < -0.3 is 20.3 Å². The van der Waals surface area contributed by atoms with Gasteiger partial charge in [-0.1, -0.05) is 12.1 Å². The predicted molar refractivity (Wildman–Crippen MR) is 93.6 cm³/mol. The number of anilines is 1. The van der Waals surface area contributed by atoms with Crippen molar-refractivity contribution in [3.8, 4) is 11.5 Å². The van der Waals surface area contributed by atoms with Gasteiger partial charge in [-0.05, 0) is 63.1 Å². The van der Waals surface area contributed by atoms with Crippen molar-refractivity contribution in [2.24, 2.45) is 0 Å². The lowest BCUT2D eigenvalue weighted by atomic mass is 10.1. The van der Waals surface area contributed by atoms with Crippen molar-refractivity contribution >= 4 is 11.7 Å². The molecule has 0 heterocycles. The lowest BCUT2D eigenvalue weighted by Crippen LogP contribution is -2.24. The fourth-order valence-corrected chi connectivity index (χ4v) is 2.19. The molecule has 2 aromatic rings. The molecule has 0 aliphatic carbocycles. The second kappa shape index (κ2) is 7.25. The van der Waals surface area contributed by atoms with E-state index in [-0.39, 0.29) is 11.5 Å². The number of ether oxygens (including phenoxy) is 1. The van der Waals surface area contributed by atoms with Crippen LogP contribution in [0.25, 0.3) is 0 Å². The minimum Gasteiger partial charge on any atom is -0.508 e. The van der Waals surface area contributed by atoms with Gasteiger partial charge in [-0.25, -0.2) is 4.79 Å². The number of carbonyl (C=O) groups is 1. The Kier molecular flexibility index (Phi) is 5.34. The lowest BCUT2D eigenvalue weighted by molar-refractivity contribution is 0.00702. The van der Waals surface area contributed by atoms with Gasteiger partial charge in [0.1, 0.15) is 17.1 Å². The molecule has 0 aliphatic rings. The van der Waals surface area contributed by atoms with Crippen molar-refractivity contribution < 1.29 is 19.7 Å². The van der Waals surface area contributed by atoms with E-state index in [0.29, 0.717) is 17.8 Å². The SMILES string of the molecule is CC(C)(C)OC(=O)c1cc(O)ccc1NCCc1ccc(O)cc1. The predicted octanol–water partition coefficient (Wildman–Crippen LogP) is 3.71. The van der Waals surface area contributed by atoms with E-state index in [2.05, 4.69) is 5.32 Å². The summed E-state index contributed by atoms with van der Waals surface area (Å²) < 4.78 is 5.38. The quantitative estimate of drug-likeness (QED) is 0.576. The van der Waals surface area contributed by atoms with Crippen molar-refractivity contribution in [1.29, 1.82) is 0 Å². The Balaban J connectivity index is 2.06. The molecule has 0 atom stereocenters. The molecule has 128 valence electrons. The topological polar surface area (TPSA) is 78.8 Å². The molecular formula is C19H23NO4. The smallest absolute Gasteiger partial charge is 0.340 e. The van der Waals surface area contributed by atoms with Gasteiger partial charge in [0, 0.05) is 12.2 Å². The number of esters is 1. The maximum atomic E-state index is 12.3. The highest BCUT2D eigenvalue weighted by atomic mass is 16.6. The molecule has 0 aromatic heterocycles. The van der Waals surface area contributed by atoms with Crippen LogP contribution in [0.5, 0.6) is 11.5 Å². The fraction of sp³-hybridized carbons (Fsp3) is 0.316. The molecule has 0 aliphatic heterocycles. The van der Waals surface area contributed by atoms with Gasteiger partial charge in [0.05, 0.1) is 5.56 Å². The number of aromatic hydroxyl groups is 2. The molecule has 0 unspecified atom stereocenters. The van der Waals surface area contributed by atoms with Crippen LogP contribution in [0.3, 0.4) is 0 Å². The van der Waals surface area contributed by atoms with Crippen LogP contribution in [0, 0.1) is 0 Å². The molecule has 24 heavy (non-hydrogen) atoms. The molecular weight excluding hydrogens is 306 g/mol. The first-order chi connectivity index (χ1) is 11.2. The minimum absolute atomic E-state index is 0.0138. The Hall–Kier alpha value is -2.69. The van der Waals surface area contributed by atoms with Crippen LogP contribution in [-0.2, 0) is 11.2 Å². The zero-order valence-electron chi connectivity index (χ0n) is 14.2. The lowest BCUT2D eigenvalue weighted by Gasteiger charge is -2.21. The molecule has 0 spiro atoms. The Labute approximate surface area is 141 Å². The van der Waals surface area contributed by atoms with Gasteiger partial charge in [-0.2, -0.15) is 0 Å². The number of hydrogen-bond donors (Lipinski definition) is 3. The van der Waals surface area contributed by atoms with Crippen LogP contribution >= 0.6 is 0 Å². The molecule has 3 N–H and O–H groups in total. The zero-order valence-corrected chi connectivity index (χ0v) is 14.2. The third-order valence-corrected chi connectivity index (χ3v) is 3.29. The summed E-state index contributed by atoms with van der Waals surface area (Å²) in [4.78, 5) is 12.3. The summed E-state index contributed by atoms with van der Waals surface area (Å²) in [5, 5.41) is 22.1. The molecule has 0 fully saturated rings. The molecule has 0 saturated heterocycles. The number of nitrogens with one attached hydrogen (secondary N) is 1. The highest BCUT2D eigenvalue weighted by Crippen LogP contribution is 2.24. The zero-order chi connectivity index (χ0) is 17.7. The summed E-state index contributed by atoms with van der Waals surface area (Å²) in [5.74, 6) is -0.233.